The fourth-order valence-corrected chi connectivity index (χ4v) is 1.78. The second-order valence-corrected chi connectivity index (χ2v) is 3.93. The Morgan fingerprint density at radius 2 is 2.06 bits per heavy atom. The summed E-state index contributed by atoms with van der Waals surface area (Å²) in [6.07, 6.45) is -4.17. The molecule has 1 heterocycles. The number of carbonyl (C=O) groups excluding carboxylic acids is 1. The van der Waals surface area contributed by atoms with Crippen molar-refractivity contribution < 1.29 is 18.0 Å². The molecular formula is C11H10F3NO. The molecule has 2 rings (SSSR count). The number of carbonyl (C=O) groups is 1. The first-order valence-corrected chi connectivity index (χ1v) is 4.89. The lowest BCUT2D eigenvalue weighted by Crippen LogP contribution is -2.27. The summed E-state index contributed by atoms with van der Waals surface area (Å²) in [6, 6.07) is 3.18. The van der Waals surface area contributed by atoms with E-state index in [1.165, 1.54) is 6.07 Å². The van der Waals surface area contributed by atoms with Crippen LogP contribution in [0.3, 0.4) is 0 Å². The van der Waals surface area contributed by atoms with Gasteiger partial charge in [-0.25, -0.2) is 0 Å². The molecule has 2 nitrogen and oxygen atoms in total. The van der Waals surface area contributed by atoms with Gasteiger partial charge in [0.05, 0.1) is 5.56 Å². The molecule has 1 aliphatic rings. The quantitative estimate of drug-likeness (QED) is 0.740. The van der Waals surface area contributed by atoms with Gasteiger partial charge in [0, 0.05) is 23.7 Å². The summed E-state index contributed by atoms with van der Waals surface area (Å²) in [5.41, 5.74) is -0.166. The van der Waals surface area contributed by atoms with Gasteiger partial charge >= 0.3 is 6.18 Å². The fourth-order valence-electron chi connectivity index (χ4n) is 1.78. The Morgan fingerprint density at radius 3 is 2.69 bits per heavy atom. The predicted octanol–water partition coefficient (Wildman–Crippen LogP) is 3.09. The molecule has 0 saturated carbocycles. The first-order valence-electron chi connectivity index (χ1n) is 4.89. The molecule has 0 unspecified atom stereocenters. The fraction of sp³-hybridized carbons (Fsp3) is 0.364. The van der Waals surface area contributed by atoms with Gasteiger partial charge in [-0.15, -0.1) is 0 Å². The van der Waals surface area contributed by atoms with Gasteiger partial charge in [-0.05, 0) is 25.1 Å². The molecule has 86 valence electrons. The third-order valence-corrected chi connectivity index (χ3v) is 2.54. The Bertz CT molecular complexity index is 439. The van der Waals surface area contributed by atoms with Gasteiger partial charge in [-0.2, -0.15) is 13.2 Å². The smallest absolute Gasteiger partial charge is 0.382 e. The van der Waals surface area contributed by atoms with Crippen LogP contribution in [0.25, 0.3) is 0 Å². The summed E-state index contributed by atoms with van der Waals surface area (Å²) in [6.45, 7) is 1.82. The highest BCUT2D eigenvalue weighted by Crippen LogP contribution is 2.33. The van der Waals surface area contributed by atoms with E-state index in [1.54, 1.807) is 0 Å². The van der Waals surface area contributed by atoms with Gasteiger partial charge < -0.3 is 5.32 Å². The predicted molar refractivity (Wildman–Crippen MR) is 53.5 cm³/mol. The van der Waals surface area contributed by atoms with Crippen LogP contribution in [0.15, 0.2) is 18.2 Å². The van der Waals surface area contributed by atoms with Crippen molar-refractivity contribution >= 4 is 11.5 Å². The molecule has 0 amide bonds. The number of hydrogen-bond donors (Lipinski definition) is 1. The van der Waals surface area contributed by atoms with Gasteiger partial charge in [0.1, 0.15) is 0 Å². The van der Waals surface area contributed by atoms with Crippen LogP contribution in [0.4, 0.5) is 18.9 Å². The summed E-state index contributed by atoms with van der Waals surface area (Å²) >= 11 is 0. The number of alkyl halides is 3. The maximum Gasteiger partial charge on any atom is 0.416 e. The zero-order chi connectivity index (χ0) is 11.9. The standard InChI is InChI=1S/C11H10F3NO/c1-6-4-10(16)8-5-7(11(12,13)14)2-3-9(8)15-6/h2-3,5-6,15H,4H2,1H3/t6-/m0/s1. The number of halogens is 3. The van der Waals surface area contributed by atoms with Crippen LogP contribution in [0.5, 0.6) is 0 Å². The maximum absolute atomic E-state index is 12.4. The van der Waals surface area contributed by atoms with E-state index >= 15 is 0 Å². The summed E-state index contributed by atoms with van der Waals surface area (Å²) < 4.78 is 37.3. The molecule has 1 aliphatic heterocycles. The molecule has 1 atom stereocenters. The van der Waals surface area contributed by atoms with Crippen molar-refractivity contribution in [2.45, 2.75) is 25.6 Å². The number of fused-ring (bicyclic) bond motifs is 1. The molecule has 0 bridgehead atoms. The highest BCUT2D eigenvalue weighted by Gasteiger charge is 2.32. The number of anilines is 1. The van der Waals surface area contributed by atoms with Gasteiger partial charge in [0.2, 0.25) is 0 Å². The highest BCUT2D eigenvalue weighted by atomic mass is 19.4. The van der Waals surface area contributed by atoms with Crippen LogP contribution in [0.1, 0.15) is 29.3 Å². The highest BCUT2D eigenvalue weighted by molar-refractivity contribution is 6.03. The van der Waals surface area contributed by atoms with Crippen molar-refractivity contribution in [3.63, 3.8) is 0 Å². The monoisotopic (exact) mass is 229 g/mol. The molecule has 1 aromatic rings. The van der Waals surface area contributed by atoms with Crippen LogP contribution < -0.4 is 5.32 Å². The first-order chi connectivity index (χ1) is 7.38. The molecular weight excluding hydrogens is 219 g/mol. The normalized spacial score (nSPS) is 20.2. The largest absolute Gasteiger partial charge is 0.416 e. The van der Waals surface area contributed by atoms with Crippen molar-refractivity contribution in [1.82, 2.24) is 0 Å². The van der Waals surface area contributed by atoms with Crippen LogP contribution in [0, 0.1) is 0 Å². The van der Waals surface area contributed by atoms with Gasteiger partial charge in [0.25, 0.3) is 0 Å². The van der Waals surface area contributed by atoms with E-state index in [0.717, 1.165) is 12.1 Å². The number of nitrogens with one attached hydrogen (secondary N) is 1. The first kappa shape index (κ1) is 11.0. The Balaban J connectivity index is 2.47. The lowest BCUT2D eigenvalue weighted by atomic mass is 9.96. The molecule has 0 fully saturated rings. The lowest BCUT2D eigenvalue weighted by Gasteiger charge is -2.23. The second kappa shape index (κ2) is 3.50. The molecule has 0 aliphatic carbocycles. The van der Waals surface area contributed by atoms with Crippen molar-refractivity contribution in [1.29, 1.82) is 0 Å². The van der Waals surface area contributed by atoms with Gasteiger partial charge in [-0.3, -0.25) is 4.79 Å². The van der Waals surface area contributed by atoms with E-state index in [4.69, 9.17) is 0 Å². The van der Waals surface area contributed by atoms with Crippen molar-refractivity contribution in [2.75, 3.05) is 5.32 Å². The Kier molecular flexibility index (Phi) is 2.40. The molecule has 0 saturated heterocycles. The molecule has 1 aromatic carbocycles. The topological polar surface area (TPSA) is 29.1 Å². The average Bonchev–Trinajstić information content (AvgIpc) is 2.15. The Morgan fingerprint density at radius 1 is 1.38 bits per heavy atom. The number of rotatable bonds is 0. The number of hydrogen-bond acceptors (Lipinski definition) is 2. The van der Waals surface area contributed by atoms with Gasteiger partial charge in [-0.1, -0.05) is 0 Å². The van der Waals surface area contributed by atoms with E-state index in [9.17, 15) is 18.0 Å². The number of benzene rings is 1. The molecule has 5 heteroatoms. The molecule has 0 aromatic heterocycles. The lowest BCUT2D eigenvalue weighted by molar-refractivity contribution is -0.137. The summed E-state index contributed by atoms with van der Waals surface area (Å²) in [5, 5.41) is 2.98. The van der Waals surface area contributed by atoms with E-state index in [1.807, 2.05) is 6.92 Å². The average molecular weight is 229 g/mol. The molecule has 1 N–H and O–H groups in total. The number of Topliss-reactive ketones (excluding diaryl/α,β-unsaturated/α-hetero) is 1. The van der Waals surface area contributed by atoms with E-state index in [2.05, 4.69) is 5.32 Å². The molecule has 0 spiro atoms. The summed E-state index contributed by atoms with van der Waals surface area (Å²) in [4.78, 5) is 11.6. The van der Waals surface area contributed by atoms with Crippen LogP contribution in [0.2, 0.25) is 0 Å². The third-order valence-electron chi connectivity index (χ3n) is 2.54. The SMILES string of the molecule is C[C@H]1CC(=O)c2cc(C(F)(F)F)ccc2N1. The van der Waals surface area contributed by atoms with E-state index in [-0.39, 0.29) is 23.8 Å². The zero-order valence-electron chi connectivity index (χ0n) is 8.56. The van der Waals surface area contributed by atoms with Crippen molar-refractivity contribution in [3.8, 4) is 0 Å². The van der Waals surface area contributed by atoms with Gasteiger partial charge in [0.15, 0.2) is 5.78 Å². The van der Waals surface area contributed by atoms with E-state index < -0.39 is 11.7 Å². The third kappa shape index (κ3) is 1.89. The minimum Gasteiger partial charge on any atom is -0.382 e. The minimum atomic E-state index is -4.40. The summed E-state index contributed by atoms with van der Waals surface area (Å²) in [5.74, 6) is -0.243. The summed E-state index contributed by atoms with van der Waals surface area (Å²) in [7, 11) is 0. The molecule has 0 radical (unpaired) electrons. The van der Waals surface area contributed by atoms with Crippen LogP contribution in [-0.2, 0) is 6.18 Å². The molecule has 16 heavy (non-hydrogen) atoms. The maximum atomic E-state index is 12.4. The van der Waals surface area contributed by atoms with E-state index in [0.29, 0.717) is 5.69 Å². The Labute approximate surface area is 90.5 Å². The number of ketones is 1. The minimum absolute atomic E-state index is 0.0308. The zero-order valence-corrected chi connectivity index (χ0v) is 8.56. The Hall–Kier alpha value is -1.52. The van der Waals surface area contributed by atoms with Crippen LogP contribution in [-0.4, -0.2) is 11.8 Å². The van der Waals surface area contributed by atoms with Crippen LogP contribution >= 0.6 is 0 Å². The second-order valence-electron chi connectivity index (χ2n) is 3.93. The van der Waals surface area contributed by atoms with Crippen molar-refractivity contribution in [3.05, 3.63) is 29.3 Å². The van der Waals surface area contributed by atoms with Crippen molar-refractivity contribution in [2.24, 2.45) is 0 Å².